The number of carbonyl (C=O) groups is 4. The summed E-state index contributed by atoms with van der Waals surface area (Å²) >= 11 is 1.51. The molecule has 40 heavy (non-hydrogen) atoms. The SMILES string of the molecule is CC(C)C[C@H](NC(=O)c1ccc(C(C)(C)C)cc1)C(=O)N1CCC2[C@H]1C(=O)CN2C(=O)c1csc2ccccc12. The normalized spacial score (nSPS) is 19.8. The van der Waals surface area contributed by atoms with Crippen LogP contribution in [0.15, 0.2) is 53.9 Å². The van der Waals surface area contributed by atoms with E-state index >= 15 is 0 Å². The molecular weight excluding hydrogens is 522 g/mol. The van der Waals surface area contributed by atoms with Crippen LogP contribution in [0.1, 0.15) is 73.7 Å². The molecule has 3 aromatic rings. The number of nitrogens with one attached hydrogen (secondary N) is 1. The molecule has 5 rings (SSSR count). The van der Waals surface area contributed by atoms with E-state index in [0.717, 1.165) is 15.6 Å². The van der Waals surface area contributed by atoms with E-state index in [1.54, 1.807) is 21.9 Å². The fourth-order valence-electron chi connectivity index (χ4n) is 5.89. The van der Waals surface area contributed by atoms with Gasteiger partial charge < -0.3 is 15.1 Å². The van der Waals surface area contributed by atoms with E-state index in [9.17, 15) is 19.2 Å². The van der Waals surface area contributed by atoms with Crippen LogP contribution >= 0.6 is 11.3 Å². The molecule has 2 aromatic carbocycles. The first kappa shape index (κ1) is 28.0. The number of Topliss-reactive ketones (excluding diaryl/α,β-unsaturated/α-hetero) is 1. The Morgan fingerprint density at radius 2 is 1.73 bits per heavy atom. The van der Waals surface area contributed by atoms with Gasteiger partial charge in [-0.05, 0) is 47.9 Å². The molecule has 3 amide bonds. The van der Waals surface area contributed by atoms with Crippen molar-refractivity contribution < 1.29 is 19.2 Å². The van der Waals surface area contributed by atoms with Gasteiger partial charge in [-0.3, -0.25) is 19.2 Å². The Morgan fingerprint density at radius 1 is 1.02 bits per heavy atom. The summed E-state index contributed by atoms with van der Waals surface area (Å²) in [5.41, 5.74) is 2.18. The zero-order valence-corrected chi connectivity index (χ0v) is 24.6. The molecule has 1 aromatic heterocycles. The summed E-state index contributed by atoms with van der Waals surface area (Å²) < 4.78 is 1.02. The number of hydrogen-bond donors (Lipinski definition) is 1. The van der Waals surface area contributed by atoms with Crippen LogP contribution in [0.4, 0.5) is 0 Å². The second kappa shape index (κ2) is 10.8. The maximum atomic E-state index is 13.9. The summed E-state index contributed by atoms with van der Waals surface area (Å²) in [4.78, 5) is 57.1. The summed E-state index contributed by atoms with van der Waals surface area (Å²) in [6.45, 7) is 10.7. The topological polar surface area (TPSA) is 86.8 Å². The van der Waals surface area contributed by atoms with Gasteiger partial charge in [0.15, 0.2) is 5.78 Å². The van der Waals surface area contributed by atoms with Crippen LogP contribution in [0.2, 0.25) is 0 Å². The highest BCUT2D eigenvalue weighted by Crippen LogP contribution is 2.34. The summed E-state index contributed by atoms with van der Waals surface area (Å²) in [5.74, 6) is -0.715. The van der Waals surface area contributed by atoms with E-state index in [1.165, 1.54) is 11.3 Å². The number of thiophene rings is 1. The molecule has 0 saturated carbocycles. The molecule has 2 aliphatic heterocycles. The van der Waals surface area contributed by atoms with Gasteiger partial charge in [-0.2, -0.15) is 0 Å². The Bertz CT molecular complexity index is 1450. The summed E-state index contributed by atoms with van der Waals surface area (Å²) in [6.07, 6.45) is 0.989. The molecule has 2 aliphatic rings. The monoisotopic (exact) mass is 559 g/mol. The summed E-state index contributed by atoms with van der Waals surface area (Å²) in [5, 5.41) is 5.69. The second-order valence-corrected chi connectivity index (χ2v) is 13.3. The summed E-state index contributed by atoms with van der Waals surface area (Å²) in [6, 6.07) is 13.4. The number of benzene rings is 2. The zero-order chi connectivity index (χ0) is 28.8. The quantitative estimate of drug-likeness (QED) is 0.459. The van der Waals surface area contributed by atoms with Crippen LogP contribution in [-0.4, -0.2) is 64.5 Å². The number of likely N-dealkylation sites (tertiary alicyclic amines) is 2. The third-order valence-corrected chi connectivity index (χ3v) is 8.96. The van der Waals surface area contributed by atoms with Crippen molar-refractivity contribution in [1.29, 1.82) is 0 Å². The third-order valence-electron chi connectivity index (χ3n) is 8.00. The Labute approximate surface area is 239 Å². The molecule has 8 heteroatoms. The number of nitrogens with zero attached hydrogens (tertiary/aromatic N) is 2. The standard InChI is InChI=1S/C32H37N3O4S/c1-19(2)16-24(33-29(37)20-10-12-21(13-11-20)32(3,4)5)31(39)34-15-14-25-28(34)26(36)17-35(25)30(38)23-18-40-27-9-7-6-8-22(23)27/h6-13,18-19,24-25,28H,14-17H2,1-5H3,(H,33,37)/t24-,25?,28-/m0/s1. The maximum absolute atomic E-state index is 13.9. The first-order valence-corrected chi connectivity index (χ1v) is 14.9. The average molecular weight is 560 g/mol. The van der Waals surface area contributed by atoms with Crippen LogP contribution in [0.25, 0.3) is 10.1 Å². The number of rotatable bonds is 6. The van der Waals surface area contributed by atoms with Gasteiger partial charge in [0.25, 0.3) is 11.8 Å². The van der Waals surface area contributed by atoms with Gasteiger partial charge in [0.1, 0.15) is 12.1 Å². The van der Waals surface area contributed by atoms with Crippen LogP contribution in [0.5, 0.6) is 0 Å². The van der Waals surface area contributed by atoms with Gasteiger partial charge in [0, 0.05) is 27.6 Å². The lowest BCUT2D eigenvalue weighted by Crippen LogP contribution is -2.53. The lowest BCUT2D eigenvalue weighted by molar-refractivity contribution is -0.138. The molecule has 7 nitrogen and oxygen atoms in total. The molecule has 2 saturated heterocycles. The van der Waals surface area contributed by atoms with Gasteiger partial charge in [0.05, 0.1) is 18.2 Å². The predicted octanol–water partition coefficient (Wildman–Crippen LogP) is 5.04. The maximum Gasteiger partial charge on any atom is 0.256 e. The van der Waals surface area contributed by atoms with Crippen LogP contribution in [0.3, 0.4) is 0 Å². The lowest BCUT2D eigenvalue weighted by atomic mass is 9.86. The second-order valence-electron chi connectivity index (χ2n) is 12.4. The molecule has 2 fully saturated rings. The van der Waals surface area contributed by atoms with E-state index in [-0.39, 0.29) is 47.4 Å². The van der Waals surface area contributed by atoms with Gasteiger partial charge in [-0.15, -0.1) is 11.3 Å². The minimum Gasteiger partial charge on any atom is -0.340 e. The molecule has 0 bridgehead atoms. The van der Waals surface area contributed by atoms with Crippen LogP contribution in [0, 0.1) is 5.92 Å². The van der Waals surface area contributed by atoms with E-state index in [4.69, 9.17) is 0 Å². The van der Waals surface area contributed by atoms with Crippen molar-refractivity contribution in [2.24, 2.45) is 5.92 Å². The Morgan fingerprint density at radius 3 is 2.40 bits per heavy atom. The molecule has 1 unspecified atom stereocenters. The molecule has 0 spiro atoms. The zero-order valence-electron chi connectivity index (χ0n) is 23.8. The molecule has 1 N–H and O–H groups in total. The highest BCUT2D eigenvalue weighted by molar-refractivity contribution is 7.17. The molecule has 0 radical (unpaired) electrons. The van der Waals surface area contributed by atoms with Crippen molar-refractivity contribution in [2.75, 3.05) is 13.1 Å². The van der Waals surface area contributed by atoms with Gasteiger partial charge in [-0.1, -0.05) is 65.0 Å². The van der Waals surface area contributed by atoms with Crippen LogP contribution < -0.4 is 5.32 Å². The lowest BCUT2D eigenvalue weighted by Gasteiger charge is -2.29. The van der Waals surface area contributed by atoms with Crippen molar-refractivity contribution in [1.82, 2.24) is 15.1 Å². The van der Waals surface area contributed by atoms with E-state index < -0.39 is 12.1 Å². The first-order valence-electron chi connectivity index (χ1n) is 14.0. The average Bonchev–Trinajstić information content (AvgIpc) is 3.62. The molecule has 3 atom stereocenters. The van der Waals surface area contributed by atoms with Crippen molar-refractivity contribution in [2.45, 2.75) is 71.0 Å². The number of hydrogen-bond acceptors (Lipinski definition) is 5. The Balaban J connectivity index is 1.33. The van der Waals surface area contributed by atoms with Crippen molar-refractivity contribution in [3.05, 3.63) is 70.6 Å². The first-order chi connectivity index (χ1) is 19.0. The fraction of sp³-hybridized carbons (Fsp3) is 0.438. The van der Waals surface area contributed by atoms with Crippen LogP contribution in [-0.2, 0) is 15.0 Å². The van der Waals surface area contributed by atoms with Gasteiger partial charge >= 0.3 is 0 Å². The largest absolute Gasteiger partial charge is 0.340 e. The predicted molar refractivity (Wildman–Crippen MR) is 158 cm³/mol. The fourth-order valence-corrected chi connectivity index (χ4v) is 6.83. The minimum atomic E-state index is -0.757. The van der Waals surface area contributed by atoms with Gasteiger partial charge in [0.2, 0.25) is 5.91 Å². The number of fused-ring (bicyclic) bond motifs is 2. The molecular formula is C32H37N3O4S. The molecule has 3 heterocycles. The van der Waals surface area contributed by atoms with Crippen molar-refractivity contribution in [3.8, 4) is 0 Å². The highest BCUT2D eigenvalue weighted by Gasteiger charge is 2.52. The van der Waals surface area contributed by atoms with E-state index in [1.807, 2.05) is 55.6 Å². The number of carbonyl (C=O) groups excluding carboxylic acids is 4. The Kier molecular flexibility index (Phi) is 7.57. The highest BCUT2D eigenvalue weighted by atomic mass is 32.1. The molecule has 0 aliphatic carbocycles. The smallest absolute Gasteiger partial charge is 0.256 e. The molecule has 210 valence electrons. The number of ketones is 1. The third kappa shape index (κ3) is 5.29. The van der Waals surface area contributed by atoms with Gasteiger partial charge in [-0.25, -0.2) is 0 Å². The Hall–Kier alpha value is -3.52. The summed E-state index contributed by atoms with van der Waals surface area (Å²) in [7, 11) is 0. The number of amides is 3. The van der Waals surface area contributed by atoms with Crippen molar-refractivity contribution >= 4 is 44.9 Å². The van der Waals surface area contributed by atoms with Crippen molar-refractivity contribution in [3.63, 3.8) is 0 Å². The minimum absolute atomic E-state index is 0.0105. The van der Waals surface area contributed by atoms with E-state index in [0.29, 0.717) is 30.5 Å². The van der Waals surface area contributed by atoms with E-state index in [2.05, 4.69) is 26.1 Å².